The topological polar surface area (TPSA) is 146 Å². The molecule has 0 aromatic heterocycles. The second kappa shape index (κ2) is 6.75. The standard InChI is InChI=1S/C16H14O10/c1-5(17)25-15-11(21)7-8(9(19)13(15)23-3)12(22)16(26-6(2)18)14(24-4)10(7)20/h19,21H,1-4H3. The van der Waals surface area contributed by atoms with Gasteiger partial charge in [0.2, 0.25) is 34.6 Å². The van der Waals surface area contributed by atoms with Crippen molar-refractivity contribution in [2.45, 2.75) is 13.8 Å². The van der Waals surface area contributed by atoms with Crippen molar-refractivity contribution in [3.05, 3.63) is 22.6 Å². The molecule has 0 spiro atoms. The third-order valence-electron chi connectivity index (χ3n) is 3.33. The van der Waals surface area contributed by atoms with Crippen molar-refractivity contribution in [1.29, 1.82) is 0 Å². The lowest BCUT2D eigenvalue weighted by Crippen LogP contribution is -2.26. The molecule has 0 amide bonds. The van der Waals surface area contributed by atoms with Gasteiger partial charge in [0, 0.05) is 13.8 Å². The third kappa shape index (κ3) is 2.81. The summed E-state index contributed by atoms with van der Waals surface area (Å²) in [5, 5.41) is 20.7. The van der Waals surface area contributed by atoms with E-state index in [1.165, 1.54) is 0 Å². The van der Waals surface area contributed by atoms with Gasteiger partial charge < -0.3 is 29.2 Å². The molecule has 0 fully saturated rings. The zero-order chi connectivity index (χ0) is 19.8. The molecule has 0 heterocycles. The Morgan fingerprint density at radius 1 is 0.731 bits per heavy atom. The number of carbonyl (C=O) groups is 4. The number of carbonyl (C=O) groups excluding carboxylic acids is 4. The number of methoxy groups -OCH3 is 2. The van der Waals surface area contributed by atoms with Crippen molar-refractivity contribution in [2.24, 2.45) is 0 Å². The predicted octanol–water partition coefficient (Wildman–Crippen LogP) is 0.832. The quantitative estimate of drug-likeness (QED) is 0.446. The van der Waals surface area contributed by atoms with E-state index in [0.717, 1.165) is 28.1 Å². The van der Waals surface area contributed by atoms with Gasteiger partial charge in [0.05, 0.1) is 25.3 Å². The summed E-state index contributed by atoms with van der Waals surface area (Å²) in [6.45, 7) is 2.01. The maximum Gasteiger partial charge on any atom is 0.308 e. The summed E-state index contributed by atoms with van der Waals surface area (Å²) in [6.07, 6.45) is 0. The van der Waals surface area contributed by atoms with E-state index < -0.39 is 69.1 Å². The van der Waals surface area contributed by atoms with Gasteiger partial charge in [-0.3, -0.25) is 19.2 Å². The predicted molar refractivity (Wildman–Crippen MR) is 82.1 cm³/mol. The molecule has 10 nitrogen and oxygen atoms in total. The molecule has 138 valence electrons. The molecule has 0 bridgehead atoms. The van der Waals surface area contributed by atoms with Crippen molar-refractivity contribution >= 4 is 23.5 Å². The first-order chi connectivity index (χ1) is 12.1. The molecule has 0 saturated carbocycles. The number of Topliss-reactive ketones (excluding diaryl/α,β-unsaturated/α-hetero) is 2. The van der Waals surface area contributed by atoms with Crippen LogP contribution in [0.4, 0.5) is 0 Å². The van der Waals surface area contributed by atoms with Crippen LogP contribution in [0.5, 0.6) is 23.0 Å². The Morgan fingerprint density at radius 3 is 1.62 bits per heavy atom. The van der Waals surface area contributed by atoms with Gasteiger partial charge in [0.15, 0.2) is 11.5 Å². The van der Waals surface area contributed by atoms with Gasteiger partial charge in [0.25, 0.3) is 0 Å². The number of phenols is 2. The van der Waals surface area contributed by atoms with Crippen LogP contribution in [0.25, 0.3) is 0 Å². The molecular formula is C16H14O10. The second-order valence-electron chi connectivity index (χ2n) is 5.02. The molecule has 2 N–H and O–H groups in total. The van der Waals surface area contributed by atoms with Gasteiger partial charge in [-0.05, 0) is 0 Å². The molecular weight excluding hydrogens is 352 g/mol. The van der Waals surface area contributed by atoms with E-state index in [9.17, 15) is 29.4 Å². The van der Waals surface area contributed by atoms with E-state index in [1.54, 1.807) is 0 Å². The maximum absolute atomic E-state index is 12.6. The van der Waals surface area contributed by atoms with Crippen molar-refractivity contribution in [3.63, 3.8) is 0 Å². The molecule has 1 aromatic rings. The van der Waals surface area contributed by atoms with Gasteiger partial charge >= 0.3 is 11.9 Å². The molecule has 0 aliphatic heterocycles. The van der Waals surface area contributed by atoms with Gasteiger partial charge in [-0.25, -0.2) is 0 Å². The average molecular weight is 366 g/mol. The lowest BCUT2D eigenvalue weighted by molar-refractivity contribution is -0.137. The molecule has 1 aromatic carbocycles. The van der Waals surface area contributed by atoms with Crippen LogP contribution in [0.2, 0.25) is 0 Å². The monoisotopic (exact) mass is 366 g/mol. The van der Waals surface area contributed by atoms with Crippen LogP contribution in [0.3, 0.4) is 0 Å². The first kappa shape index (κ1) is 18.8. The van der Waals surface area contributed by atoms with Gasteiger partial charge in [-0.1, -0.05) is 0 Å². The van der Waals surface area contributed by atoms with E-state index in [4.69, 9.17) is 18.9 Å². The van der Waals surface area contributed by atoms with Crippen molar-refractivity contribution in [2.75, 3.05) is 14.2 Å². The van der Waals surface area contributed by atoms with Crippen LogP contribution in [0.1, 0.15) is 34.6 Å². The number of phenolic OH excluding ortho intramolecular Hbond substituents is 2. The highest BCUT2D eigenvalue weighted by Gasteiger charge is 2.43. The molecule has 1 aliphatic rings. The number of fused-ring (bicyclic) bond motifs is 1. The summed E-state index contributed by atoms with van der Waals surface area (Å²) in [4.78, 5) is 47.7. The molecule has 0 unspecified atom stereocenters. The minimum absolute atomic E-state index is 0.555. The first-order valence-corrected chi connectivity index (χ1v) is 7.05. The Bertz CT molecular complexity index is 878. The van der Waals surface area contributed by atoms with Crippen LogP contribution in [0.15, 0.2) is 11.5 Å². The highest BCUT2D eigenvalue weighted by molar-refractivity contribution is 6.28. The largest absolute Gasteiger partial charge is 0.504 e. The van der Waals surface area contributed by atoms with Crippen LogP contribution in [-0.4, -0.2) is 47.9 Å². The number of aromatic hydroxyl groups is 2. The zero-order valence-electron chi connectivity index (χ0n) is 14.2. The Hall–Kier alpha value is -3.56. The van der Waals surface area contributed by atoms with E-state index in [-0.39, 0.29) is 0 Å². The minimum atomic E-state index is -1.10. The number of ether oxygens (including phenoxy) is 4. The second-order valence-corrected chi connectivity index (χ2v) is 5.02. The molecule has 2 rings (SSSR count). The Kier molecular flexibility index (Phi) is 4.87. The number of ketones is 2. The summed E-state index contributed by atoms with van der Waals surface area (Å²) in [6, 6.07) is 0. The third-order valence-corrected chi connectivity index (χ3v) is 3.33. The van der Waals surface area contributed by atoms with E-state index in [2.05, 4.69) is 0 Å². The number of allylic oxidation sites excluding steroid dienone is 2. The Balaban J connectivity index is 2.86. The molecule has 10 heteroatoms. The van der Waals surface area contributed by atoms with E-state index >= 15 is 0 Å². The van der Waals surface area contributed by atoms with Gasteiger partial charge in [-0.15, -0.1) is 0 Å². The Morgan fingerprint density at radius 2 is 1.19 bits per heavy atom. The normalized spacial score (nSPS) is 13.2. The average Bonchev–Trinajstić information content (AvgIpc) is 2.55. The van der Waals surface area contributed by atoms with Crippen molar-refractivity contribution in [1.82, 2.24) is 0 Å². The molecule has 1 aliphatic carbocycles. The van der Waals surface area contributed by atoms with Crippen LogP contribution in [0, 0.1) is 0 Å². The fourth-order valence-electron chi connectivity index (χ4n) is 2.40. The van der Waals surface area contributed by atoms with Crippen LogP contribution >= 0.6 is 0 Å². The maximum atomic E-state index is 12.6. The molecule has 26 heavy (non-hydrogen) atoms. The molecule has 0 radical (unpaired) electrons. The summed E-state index contributed by atoms with van der Waals surface area (Å²) >= 11 is 0. The van der Waals surface area contributed by atoms with Gasteiger partial charge in [0.1, 0.15) is 0 Å². The number of esters is 2. The van der Waals surface area contributed by atoms with E-state index in [1.807, 2.05) is 0 Å². The van der Waals surface area contributed by atoms with Crippen LogP contribution < -0.4 is 9.47 Å². The summed E-state index contributed by atoms with van der Waals surface area (Å²) in [7, 11) is 2.12. The molecule has 0 atom stereocenters. The SMILES string of the molecule is COC1=C(OC(C)=O)C(=O)c2c(O)c(OC)c(OC(C)=O)c(O)c2C1=O. The smallest absolute Gasteiger partial charge is 0.308 e. The summed E-state index contributed by atoms with van der Waals surface area (Å²) < 4.78 is 19.2. The fourth-order valence-corrected chi connectivity index (χ4v) is 2.40. The minimum Gasteiger partial charge on any atom is -0.504 e. The summed E-state index contributed by atoms with van der Waals surface area (Å²) in [5.41, 5.74) is -1.37. The first-order valence-electron chi connectivity index (χ1n) is 7.05. The lowest BCUT2D eigenvalue weighted by atomic mass is 9.89. The molecule has 0 saturated heterocycles. The lowest BCUT2D eigenvalue weighted by Gasteiger charge is -2.23. The van der Waals surface area contributed by atoms with Gasteiger partial charge in [-0.2, -0.15) is 0 Å². The Labute approximate surface area is 146 Å². The van der Waals surface area contributed by atoms with Crippen molar-refractivity contribution < 1.29 is 48.3 Å². The number of rotatable bonds is 4. The fraction of sp³-hybridized carbons (Fsp3) is 0.250. The zero-order valence-corrected chi connectivity index (χ0v) is 14.2. The van der Waals surface area contributed by atoms with E-state index in [0.29, 0.717) is 0 Å². The highest BCUT2D eigenvalue weighted by Crippen LogP contribution is 2.51. The number of hydrogen-bond acceptors (Lipinski definition) is 10. The highest BCUT2D eigenvalue weighted by atomic mass is 16.6. The summed E-state index contributed by atoms with van der Waals surface area (Å²) in [5.74, 6) is -8.38. The number of hydrogen-bond donors (Lipinski definition) is 2. The van der Waals surface area contributed by atoms with Crippen molar-refractivity contribution in [3.8, 4) is 23.0 Å². The number of benzene rings is 1. The van der Waals surface area contributed by atoms with Crippen LogP contribution in [-0.2, 0) is 19.1 Å².